The van der Waals surface area contributed by atoms with Gasteiger partial charge in [0.05, 0.1) is 0 Å². The third kappa shape index (κ3) is 2.74. The van der Waals surface area contributed by atoms with Gasteiger partial charge in [-0.2, -0.15) is 0 Å². The summed E-state index contributed by atoms with van der Waals surface area (Å²) in [5.41, 5.74) is 1.98. The summed E-state index contributed by atoms with van der Waals surface area (Å²) in [6, 6.07) is 9.53. The van der Waals surface area contributed by atoms with Crippen LogP contribution in [0.2, 0.25) is 0 Å². The maximum absolute atomic E-state index is 12.7. The Hall–Kier alpha value is -2.56. The lowest BCUT2D eigenvalue weighted by Gasteiger charge is -2.32. The van der Waals surface area contributed by atoms with Crippen LogP contribution in [0, 0.1) is 0 Å². The first-order valence-electron chi connectivity index (χ1n) is 7.90. The van der Waals surface area contributed by atoms with Crippen LogP contribution in [0.1, 0.15) is 34.7 Å². The molecular formula is C18H18N2O3. The maximum Gasteiger partial charge on any atom is 0.253 e. The van der Waals surface area contributed by atoms with Gasteiger partial charge in [0, 0.05) is 31.0 Å². The van der Waals surface area contributed by atoms with Gasteiger partial charge in [-0.3, -0.25) is 9.78 Å². The van der Waals surface area contributed by atoms with Crippen LogP contribution in [0.3, 0.4) is 0 Å². The molecule has 2 aliphatic heterocycles. The number of pyridine rings is 1. The average Bonchev–Trinajstić information content (AvgIpc) is 3.10. The summed E-state index contributed by atoms with van der Waals surface area (Å²) in [5.74, 6) is 1.94. The summed E-state index contributed by atoms with van der Waals surface area (Å²) >= 11 is 0. The highest BCUT2D eigenvalue weighted by Gasteiger charge is 2.25. The molecule has 1 saturated heterocycles. The normalized spacial score (nSPS) is 17.3. The molecule has 0 atom stereocenters. The van der Waals surface area contributed by atoms with Crippen molar-refractivity contribution in [1.82, 2.24) is 9.88 Å². The number of ether oxygens (including phenoxy) is 2. The molecule has 1 fully saturated rings. The molecule has 0 aliphatic carbocycles. The molecule has 0 radical (unpaired) electrons. The molecule has 0 bridgehead atoms. The highest BCUT2D eigenvalue weighted by Crippen LogP contribution is 2.33. The van der Waals surface area contributed by atoms with E-state index in [-0.39, 0.29) is 12.7 Å². The zero-order valence-corrected chi connectivity index (χ0v) is 12.8. The van der Waals surface area contributed by atoms with E-state index in [1.54, 1.807) is 12.1 Å². The van der Waals surface area contributed by atoms with Crippen molar-refractivity contribution in [3.63, 3.8) is 0 Å². The third-order valence-electron chi connectivity index (χ3n) is 4.58. The Morgan fingerprint density at radius 3 is 2.57 bits per heavy atom. The SMILES string of the molecule is O=C(c1ccc2c(c1)OCO2)N1CCC(c2ccncc2)CC1. The minimum absolute atomic E-state index is 0.0662. The highest BCUT2D eigenvalue weighted by atomic mass is 16.7. The van der Waals surface area contributed by atoms with Crippen LogP contribution in [0.25, 0.3) is 0 Å². The lowest BCUT2D eigenvalue weighted by molar-refractivity contribution is 0.0712. The number of hydrogen-bond acceptors (Lipinski definition) is 4. The largest absolute Gasteiger partial charge is 0.454 e. The fourth-order valence-corrected chi connectivity index (χ4v) is 3.26. The number of amides is 1. The maximum atomic E-state index is 12.7. The molecule has 0 unspecified atom stereocenters. The molecule has 0 saturated carbocycles. The fourth-order valence-electron chi connectivity index (χ4n) is 3.26. The van der Waals surface area contributed by atoms with Crippen LogP contribution < -0.4 is 9.47 Å². The van der Waals surface area contributed by atoms with Crippen LogP contribution in [-0.2, 0) is 0 Å². The second-order valence-electron chi connectivity index (χ2n) is 5.92. The van der Waals surface area contributed by atoms with E-state index in [0.29, 0.717) is 23.0 Å². The topological polar surface area (TPSA) is 51.7 Å². The Bertz CT molecular complexity index is 709. The Labute approximate surface area is 134 Å². The van der Waals surface area contributed by atoms with Crippen molar-refractivity contribution in [2.24, 2.45) is 0 Å². The van der Waals surface area contributed by atoms with Gasteiger partial charge in [-0.1, -0.05) is 0 Å². The Kier molecular flexibility index (Phi) is 3.61. The minimum Gasteiger partial charge on any atom is -0.454 e. The summed E-state index contributed by atoms with van der Waals surface area (Å²) in [6.07, 6.45) is 5.64. The predicted molar refractivity (Wildman–Crippen MR) is 84.7 cm³/mol. The van der Waals surface area contributed by atoms with Gasteiger partial charge in [0.1, 0.15) is 0 Å². The van der Waals surface area contributed by atoms with Crippen LogP contribution in [0.5, 0.6) is 11.5 Å². The van der Waals surface area contributed by atoms with E-state index in [9.17, 15) is 4.79 Å². The van der Waals surface area contributed by atoms with Gasteiger partial charge in [-0.05, 0) is 54.7 Å². The van der Waals surface area contributed by atoms with Crippen LogP contribution in [0.4, 0.5) is 0 Å². The van der Waals surface area contributed by atoms with Gasteiger partial charge in [-0.25, -0.2) is 0 Å². The minimum atomic E-state index is 0.0662. The van der Waals surface area contributed by atoms with E-state index in [1.807, 2.05) is 23.4 Å². The first kappa shape index (κ1) is 14.1. The van der Waals surface area contributed by atoms with Gasteiger partial charge < -0.3 is 14.4 Å². The number of hydrogen-bond donors (Lipinski definition) is 0. The van der Waals surface area contributed by atoms with Crippen molar-refractivity contribution in [1.29, 1.82) is 0 Å². The standard InChI is InChI=1S/C18H18N2O3/c21-18(15-1-2-16-17(11-15)23-12-22-16)20-9-5-14(6-10-20)13-3-7-19-8-4-13/h1-4,7-8,11,14H,5-6,9-10,12H2. The fraction of sp³-hybridized carbons (Fsp3) is 0.333. The van der Waals surface area contributed by atoms with Crippen molar-refractivity contribution < 1.29 is 14.3 Å². The molecule has 5 heteroatoms. The second-order valence-corrected chi connectivity index (χ2v) is 5.92. The van der Waals surface area contributed by atoms with E-state index >= 15 is 0 Å². The van der Waals surface area contributed by atoms with E-state index in [0.717, 1.165) is 25.9 Å². The number of nitrogens with zero attached hydrogens (tertiary/aromatic N) is 2. The first-order chi connectivity index (χ1) is 11.3. The summed E-state index contributed by atoms with van der Waals surface area (Å²) in [5, 5.41) is 0. The number of likely N-dealkylation sites (tertiary alicyclic amines) is 1. The van der Waals surface area contributed by atoms with Crippen molar-refractivity contribution in [2.45, 2.75) is 18.8 Å². The molecule has 118 valence electrons. The summed E-state index contributed by atoms with van der Waals surface area (Å²) in [4.78, 5) is 18.7. The Balaban J connectivity index is 1.43. The molecule has 5 nitrogen and oxygen atoms in total. The van der Waals surface area contributed by atoms with Crippen molar-refractivity contribution in [3.05, 3.63) is 53.9 Å². The van der Waals surface area contributed by atoms with Crippen LogP contribution in [-0.4, -0.2) is 35.7 Å². The summed E-state index contributed by atoms with van der Waals surface area (Å²) < 4.78 is 10.6. The number of rotatable bonds is 2. The smallest absolute Gasteiger partial charge is 0.253 e. The molecule has 2 aliphatic rings. The molecule has 3 heterocycles. The van der Waals surface area contributed by atoms with Crippen molar-refractivity contribution in [2.75, 3.05) is 19.9 Å². The number of piperidine rings is 1. The molecule has 1 aromatic heterocycles. The zero-order chi connectivity index (χ0) is 15.6. The molecule has 23 heavy (non-hydrogen) atoms. The van der Waals surface area contributed by atoms with Gasteiger partial charge in [-0.15, -0.1) is 0 Å². The number of benzene rings is 1. The Morgan fingerprint density at radius 1 is 1.04 bits per heavy atom. The van der Waals surface area contributed by atoms with Crippen molar-refractivity contribution >= 4 is 5.91 Å². The molecule has 0 N–H and O–H groups in total. The molecule has 0 spiro atoms. The first-order valence-corrected chi connectivity index (χ1v) is 7.90. The Morgan fingerprint density at radius 2 is 1.78 bits per heavy atom. The second kappa shape index (κ2) is 5.91. The third-order valence-corrected chi connectivity index (χ3v) is 4.58. The average molecular weight is 310 g/mol. The van der Waals surface area contributed by atoms with E-state index in [1.165, 1.54) is 5.56 Å². The highest BCUT2D eigenvalue weighted by molar-refractivity contribution is 5.95. The lowest BCUT2D eigenvalue weighted by Crippen LogP contribution is -2.37. The predicted octanol–water partition coefficient (Wildman–Crippen LogP) is 2.83. The monoisotopic (exact) mass is 310 g/mol. The summed E-state index contributed by atoms with van der Waals surface area (Å²) in [7, 11) is 0. The molecule has 1 amide bonds. The van der Waals surface area contributed by atoms with Gasteiger partial charge in [0.25, 0.3) is 5.91 Å². The number of fused-ring (bicyclic) bond motifs is 1. The van der Waals surface area contributed by atoms with E-state index < -0.39 is 0 Å². The number of carbonyl (C=O) groups is 1. The van der Waals surface area contributed by atoms with E-state index in [2.05, 4.69) is 17.1 Å². The molecule has 4 rings (SSSR count). The van der Waals surface area contributed by atoms with Crippen LogP contribution >= 0.6 is 0 Å². The molecule has 2 aromatic rings. The zero-order valence-electron chi connectivity index (χ0n) is 12.8. The van der Waals surface area contributed by atoms with Gasteiger partial charge in [0.2, 0.25) is 6.79 Å². The van der Waals surface area contributed by atoms with Gasteiger partial charge in [0.15, 0.2) is 11.5 Å². The van der Waals surface area contributed by atoms with Gasteiger partial charge >= 0.3 is 0 Å². The quantitative estimate of drug-likeness (QED) is 0.856. The number of aromatic nitrogens is 1. The van der Waals surface area contributed by atoms with Crippen molar-refractivity contribution in [3.8, 4) is 11.5 Å². The molecular weight excluding hydrogens is 292 g/mol. The summed E-state index contributed by atoms with van der Waals surface area (Å²) in [6.45, 7) is 1.78. The van der Waals surface area contributed by atoms with E-state index in [4.69, 9.17) is 9.47 Å². The number of carbonyl (C=O) groups excluding carboxylic acids is 1. The lowest BCUT2D eigenvalue weighted by atomic mass is 9.90. The van der Waals surface area contributed by atoms with Crippen LogP contribution in [0.15, 0.2) is 42.7 Å². The molecule has 1 aromatic carbocycles.